The number of halogens is 3. The SMILES string of the molecule is C=C1C(C(F)(F)F)=C(c2ccccc2)c2ccccc21. The first-order valence-electron chi connectivity index (χ1n) is 6.16. The third-order valence-corrected chi connectivity index (χ3v) is 3.42. The van der Waals surface area contributed by atoms with Crippen LogP contribution in [0.3, 0.4) is 0 Å². The van der Waals surface area contributed by atoms with E-state index in [1.54, 1.807) is 54.6 Å². The van der Waals surface area contributed by atoms with Crippen LogP contribution in [0.15, 0.2) is 66.7 Å². The van der Waals surface area contributed by atoms with E-state index in [-0.39, 0.29) is 11.1 Å². The lowest BCUT2D eigenvalue weighted by Crippen LogP contribution is -2.12. The highest BCUT2D eigenvalue weighted by Gasteiger charge is 2.42. The van der Waals surface area contributed by atoms with E-state index in [1.807, 2.05) is 0 Å². The highest BCUT2D eigenvalue weighted by Crippen LogP contribution is 2.49. The van der Waals surface area contributed by atoms with Crippen molar-refractivity contribution in [1.82, 2.24) is 0 Å². The standard InChI is InChI=1S/C17H11F3/c1-11-13-9-5-6-10-14(13)15(16(11)17(18,19)20)12-7-3-2-4-8-12/h2-10H,1H2. The second-order valence-corrected chi connectivity index (χ2v) is 4.64. The minimum atomic E-state index is -4.42. The van der Waals surface area contributed by atoms with Gasteiger partial charge in [0, 0.05) is 5.57 Å². The Kier molecular flexibility index (Phi) is 2.78. The van der Waals surface area contributed by atoms with Crippen LogP contribution in [0.4, 0.5) is 13.2 Å². The van der Waals surface area contributed by atoms with Crippen molar-refractivity contribution in [2.45, 2.75) is 6.18 Å². The van der Waals surface area contributed by atoms with Gasteiger partial charge in [-0.25, -0.2) is 0 Å². The number of hydrogen-bond acceptors (Lipinski definition) is 0. The molecule has 0 N–H and O–H groups in total. The van der Waals surface area contributed by atoms with Crippen LogP contribution in [0.25, 0.3) is 11.1 Å². The zero-order chi connectivity index (χ0) is 14.3. The molecule has 3 heteroatoms. The lowest BCUT2D eigenvalue weighted by molar-refractivity contribution is -0.0862. The van der Waals surface area contributed by atoms with Crippen molar-refractivity contribution in [2.75, 3.05) is 0 Å². The van der Waals surface area contributed by atoms with E-state index in [4.69, 9.17) is 0 Å². The molecule has 1 aliphatic carbocycles. The van der Waals surface area contributed by atoms with E-state index in [0.29, 0.717) is 16.7 Å². The summed E-state index contributed by atoms with van der Waals surface area (Å²) < 4.78 is 40.2. The van der Waals surface area contributed by atoms with Gasteiger partial charge in [0.25, 0.3) is 0 Å². The van der Waals surface area contributed by atoms with Gasteiger partial charge < -0.3 is 0 Å². The summed E-state index contributed by atoms with van der Waals surface area (Å²) in [7, 11) is 0. The maximum absolute atomic E-state index is 13.4. The summed E-state index contributed by atoms with van der Waals surface area (Å²) in [5.74, 6) is 0. The molecule has 20 heavy (non-hydrogen) atoms. The Morgan fingerprint density at radius 2 is 1.30 bits per heavy atom. The van der Waals surface area contributed by atoms with Crippen molar-refractivity contribution >= 4 is 11.1 Å². The van der Waals surface area contributed by atoms with Crippen LogP contribution >= 0.6 is 0 Å². The summed E-state index contributed by atoms with van der Waals surface area (Å²) in [6, 6.07) is 15.5. The zero-order valence-corrected chi connectivity index (χ0v) is 10.5. The topological polar surface area (TPSA) is 0 Å². The summed E-state index contributed by atoms with van der Waals surface area (Å²) in [5.41, 5.74) is 1.34. The smallest absolute Gasteiger partial charge is 0.166 e. The third kappa shape index (κ3) is 1.86. The average Bonchev–Trinajstić information content (AvgIpc) is 2.74. The first-order valence-corrected chi connectivity index (χ1v) is 6.16. The number of benzene rings is 2. The molecule has 0 bridgehead atoms. The van der Waals surface area contributed by atoms with Crippen molar-refractivity contribution in [2.24, 2.45) is 0 Å². The molecule has 100 valence electrons. The molecule has 0 spiro atoms. The van der Waals surface area contributed by atoms with Gasteiger partial charge in [0.2, 0.25) is 0 Å². The van der Waals surface area contributed by atoms with Crippen LogP contribution in [-0.4, -0.2) is 6.18 Å². The van der Waals surface area contributed by atoms with Gasteiger partial charge >= 0.3 is 6.18 Å². The number of fused-ring (bicyclic) bond motifs is 1. The quantitative estimate of drug-likeness (QED) is 0.679. The Morgan fingerprint density at radius 1 is 0.750 bits per heavy atom. The molecular weight excluding hydrogens is 261 g/mol. The van der Waals surface area contributed by atoms with Crippen molar-refractivity contribution < 1.29 is 13.2 Å². The Morgan fingerprint density at radius 3 is 1.90 bits per heavy atom. The Hall–Kier alpha value is -2.29. The van der Waals surface area contributed by atoms with Gasteiger partial charge in [-0.1, -0.05) is 61.2 Å². The largest absolute Gasteiger partial charge is 0.417 e. The molecule has 0 radical (unpaired) electrons. The highest BCUT2D eigenvalue weighted by atomic mass is 19.4. The fourth-order valence-corrected chi connectivity index (χ4v) is 2.60. The minimum absolute atomic E-state index is 0.0481. The van der Waals surface area contributed by atoms with Gasteiger partial charge in [-0.15, -0.1) is 0 Å². The minimum Gasteiger partial charge on any atom is -0.166 e. The van der Waals surface area contributed by atoms with Crippen LogP contribution in [0.1, 0.15) is 16.7 Å². The predicted octanol–water partition coefficient (Wildman–Crippen LogP) is 5.08. The van der Waals surface area contributed by atoms with E-state index in [0.717, 1.165) is 0 Å². The Labute approximate surface area is 114 Å². The molecule has 0 amide bonds. The molecule has 0 fully saturated rings. The zero-order valence-electron chi connectivity index (χ0n) is 10.5. The van der Waals surface area contributed by atoms with E-state index < -0.39 is 11.7 Å². The van der Waals surface area contributed by atoms with E-state index in [9.17, 15) is 13.2 Å². The van der Waals surface area contributed by atoms with E-state index in [1.165, 1.54) is 0 Å². The van der Waals surface area contributed by atoms with Crippen LogP contribution in [0, 0.1) is 0 Å². The van der Waals surface area contributed by atoms with Gasteiger partial charge in [0.15, 0.2) is 0 Å². The molecule has 0 aliphatic heterocycles. The molecule has 0 aromatic heterocycles. The maximum atomic E-state index is 13.4. The second kappa shape index (κ2) is 4.37. The normalized spacial score (nSPS) is 14.7. The molecule has 2 aromatic rings. The molecule has 0 heterocycles. The summed E-state index contributed by atoms with van der Waals surface area (Å²) in [6.07, 6.45) is -4.42. The lowest BCUT2D eigenvalue weighted by atomic mass is 9.97. The number of rotatable bonds is 1. The first-order chi connectivity index (χ1) is 9.50. The molecule has 1 aliphatic rings. The first kappa shape index (κ1) is 12.7. The summed E-state index contributed by atoms with van der Waals surface area (Å²) in [5, 5.41) is 0. The monoisotopic (exact) mass is 272 g/mol. The van der Waals surface area contributed by atoms with Crippen LogP contribution in [0.5, 0.6) is 0 Å². The van der Waals surface area contributed by atoms with Gasteiger partial charge in [0.05, 0.1) is 5.57 Å². The van der Waals surface area contributed by atoms with Gasteiger partial charge in [-0.2, -0.15) is 13.2 Å². The second-order valence-electron chi connectivity index (χ2n) is 4.64. The fraction of sp³-hybridized carbons (Fsp3) is 0.0588. The third-order valence-electron chi connectivity index (χ3n) is 3.42. The predicted molar refractivity (Wildman–Crippen MR) is 74.0 cm³/mol. The summed E-state index contributed by atoms with van der Waals surface area (Å²) >= 11 is 0. The molecule has 0 nitrogen and oxygen atoms in total. The van der Waals surface area contributed by atoms with Crippen molar-refractivity contribution in [1.29, 1.82) is 0 Å². The molecule has 0 unspecified atom stereocenters. The van der Waals surface area contributed by atoms with Gasteiger partial charge in [0.1, 0.15) is 0 Å². The number of hydrogen-bond donors (Lipinski definition) is 0. The van der Waals surface area contributed by atoms with Gasteiger partial charge in [-0.05, 0) is 22.3 Å². The highest BCUT2D eigenvalue weighted by molar-refractivity contribution is 6.04. The maximum Gasteiger partial charge on any atom is 0.417 e. The summed E-state index contributed by atoms with van der Waals surface area (Å²) in [6.45, 7) is 3.64. The van der Waals surface area contributed by atoms with Crippen LogP contribution in [-0.2, 0) is 0 Å². The van der Waals surface area contributed by atoms with Crippen molar-refractivity contribution in [3.63, 3.8) is 0 Å². The molecular formula is C17H11F3. The van der Waals surface area contributed by atoms with Gasteiger partial charge in [-0.3, -0.25) is 0 Å². The average molecular weight is 272 g/mol. The molecule has 0 atom stereocenters. The number of alkyl halides is 3. The number of allylic oxidation sites excluding steroid dienone is 2. The van der Waals surface area contributed by atoms with Crippen LogP contribution in [0.2, 0.25) is 0 Å². The fourth-order valence-electron chi connectivity index (χ4n) is 2.60. The van der Waals surface area contributed by atoms with Crippen LogP contribution < -0.4 is 0 Å². The Bertz CT molecular complexity index is 707. The van der Waals surface area contributed by atoms with E-state index in [2.05, 4.69) is 6.58 Å². The lowest BCUT2D eigenvalue weighted by Gasteiger charge is -2.12. The van der Waals surface area contributed by atoms with E-state index >= 15 is 0 Å². The van der Waals surface area contributed by atoms with Crippen molar-refractivity contribution in [3.8, 4) is 0 Å². The summed E-state index contributed by atoms with van der Waals surface area (Å²) in [4.78, 5) is 0. The molecule has 0 saturated heterocycles. The molecule has 3 rings (SSSR count). The molecule has 2 aromatic carbocycles. The molecule has 0 saturated carbocycles. The van der Waals surface area contributed by atoms with Crippen molar-refractivity contribution in [3.05, 3.63) is 83.4 Å². The Balaban J connectivity index is 2.34.